The molecule has 3 atom stereocenters. The molecular formula is C18H22N2O3. The quantitative estimate of drug-likeness (QED) is 0.927. The summed E-state index contributed by atoms with van der Waals surface area (Å²) in [5, 5.41) is 1.07. The van der Waals surface area contributed by atoms with E-state index < -0.39 is 0 Å². The molecule has 4 rings (SSSR count). The number of hydrogen-bond donors (Lipinski definition) is 1. The monoisotopic (exact) mass is 314 g/mol. The summed E-state index contributed by atoms with van der Waals surface area (Å²) in [6.45, 7) is 1.26. The molecule has 2 aliphatic rings. The molecule has 0 unspecified atom stereocenters. The van der Waals surface area contributed by atoms with Gasteiger partial charge in [-0.1, -0.05) is 12.1 Å². The van der Waals surface area contributed by atoms with Crippen LogP contribution in [0.4, 0.5) is 0 Å². The number of carbonyl (C=O) groups excluding carboxylic acids is 1. The Kier molecular flexibility index (Phi) is 3.83. The second-order valence-corrected chi connectivity index (χ2v) is 6.39. The van der Waals surface area contributed by atoms with Crippen molar-refractivity contribution in [2.75, 3.05) is 20.3 Å². The van der Waals surface area contributed by atoms with E-state index >= 15 is 0 Å². The molecule has 0 radical (unpaired) electrons. The summed E-state index contributed by atoms with van der Waals surface area (Å²) in [5.74, 6) is 0.0908. The number of fused-ring (bicyclic) bond motifs is 2. The van der Waals surface area contributed by atoms with Crippen LogP contribution in [-0.2, 0) is 9.47 Å². The van der Waals surface area contributed by atoms with Crippen molar-refractivity contribution in [2.24, 2.45) is 0 Å². The lowest BCUT2D eigenvalue weighted by Gasteiger charge is -2.45. The van der Waals surface area contributed by atoms with Crippen molar-refractivity contribution in [3.05, 3.63) is 36.0 Å². The van der Waals surface area contributed by atoms with Crippen LogP contribution in [0, 0.1) is 0 Å². The molecule has 1 saturated carbocycles. The van der Waals surface area contributed by atoms with Crippen molar-refractivity contribution in [1.29, 1.82) is 0 Å². The molecule has 0 bridgehead atoms. The summed E-state index contributed by atoms with van der Waals surface area (Å²) in [4.78, 5) is 18.4. The average molecular weight is 314 g/mol. The molecule has 2 heterocycles. The largest absolute Gasteiger partial charge is 0.381 e. The number of para-hydroxylation sites is 1. The number of nitrogens with zero attached hydrogens (tertiary/aromatic N) is 1. The fourth-order valence-corrected chi connectivity index (χ4v) is 3.96. The normalized spacial score (nSPS) is 27.9. The summed E-state index contributed by atoms with van der Waals surface area (Å²) < 4.78 is 11.4. The Bertz CT molecular complexity index is 711. The first kappa shape index (κ1) is 14.7. The molecule has 1 aromatic carbocycles. The van der Waals surface area contributed by atoms with Gasteiger partial charge in [-0.3, -0.25) is 4.79 Å². The zero-order valence-corrected chi connectivity index (χ0v) is 13.3. The van der Waals surface area contributed by atoms with E-state index in [1.54, 1.807) is 7.11 Å². The Labute approximate surface area is 135 Å². The van der Waals surface area contributed by atoms with Crippen molar-refractivity contribution < 1.29 is 14.3 Å². The lowest BCUT2D eigenvalue weighted by Crippen LogP contribution is -2.57. The van der Waals surface area contributed by atoms with Gasteiger partial charge in [-0.2, -0.15) is 0 Å². The minimum absolute atomic E-state index is 0.0908. The third-order valence-electron chi connectivity index (χ3n) is 5.18. The highest BCUT2D eigenvalue weighted by atomic mass is 16.5. The van der Waals surface area contributed by atoms with Gasteiger partial charge in [0, 0.05) is 25.2 Å². The summed E-state index contributed by atoms with van der Waals surface area (Å²) >= 11 is 0. The van der Waals surface area contributed by atoms with Crippen molar-refractivity contribution >= 4 is 16.8 Å². The van der Waals surface area contributed by atoms with Crippen LogP contribution in [0.3, 0.4) is 0 Å². The Morgan fingerprint density at radius 2 is 2.26 bits per heavy atom. The third kappa shape index (κ3) is 2.54. The van der Waals surface area contributed by atoms with Gasteiger partial charge >= 0.3 is 0 Å². The number of rotatable bonds is 2. The highest BCUT2D eigenvalue weighted by molar-refractivity contribution is 6.05. The van der Waals surface area contributed by atoms with Gasteiger partial charge in [0.05, 0.1) is 35.9 Å². The maximum absolute atomic E-state index is 13.2. The Balaban J connectivity index is 1.65. The van der Waals surface area contributed by atoms with Gasteiger partial charge in [0.15, 0.2) is 0 Å². The van der Waals surface area contributed by atoms with Crippen LogP contribution in [0.2, 0.25) is 0 Å². The molecule has 2 aromatic rings. The van der Waals surface area contributed by atoms with E-state index in [2.05, 4.69) is 4.98 Å². The maximum Gasteiger partial charge on any atom is 0.256 e. The molecule has 1 amide bonds. The molecular weight excluding hydrogens is 292 g/mol. The first-order chi connectivity index (χ1) is 11.3. The number of methoxy groups -OCH3 is 1. The number of H-pyrrole nitrogens is 1. The van der Waals surface area contributed by atoms with Crippen LogP contribution in [0.15, 0.2) is 30.5 Å². The van der Waals surface area contributed by atoms with Crippen LogP contribution < -0.4 is 0 Å². The van der Waals surface area contributed by atoms with E-state index in [4.69, 9.17) is 9.47 Å². The van der Waals surface area contributed by atoms with Crippen molar-refractivity contribution in [1.82, 2.24) is 9.88 Å². The molecule has 23 heavy (non-hydrogen) atoms. The second kappa shape index (κ2) is 5.98. The number of aromatic amines is 1. The van der Waals surface area contributed by atoms with Crippen LogP contribution in [0.1, 0.15) is 29.6 Å². The minimum Gasteiger partial charge on any atom is -0.381 e. The van der Waals surface area contributed by atoms with Gasteiger partial charge in [0.25, 0.3) is 5.91 Å². The van der Waals surface area contributed by atoms with Crippen molar-refractivity contribution in [3.63, 3.8) is 0 Å². The minimum atomic E-state index is 0.0908. The number of carbonyl (C=O) groups is 1. The van der Waals surface area contributed by atoms with Crippen LogP contribution in [-0.4, -0.2) is 54.3 Å². The Morgan fingerprint density at radius 1 is 1.35 bits per heavy atom. The average Bonchev–Trinajstić information content (AvgIpc) is 3.08. The fourth-order valence-electron chi connectivity index (χ4n) is 3.96. The molecule has 5 nitrogen and oxygen atoms in total. The van der Waals surface area contributed by atoms with Crippen LogP contribution in [0.5, 0.6) is 0 Å². The summed E-state index contributed by atoms with van der Waals surface area (Å²) in [6, 6.07) is 7.98. The molecule has 0 spiro atoms. The van der Waals surface area contributed by atoms with E-state index in [9.17, 15) is 4.79 Å². The van der Waals surface area contributed by atoms with Crippen LogP contribution in [0.25, 0.3) is 10.9 Å². The standard InChI is InChI=1S/C18H22N2O3/c1-22-13-5-6-16-15(11-13)20(9-10-23-16)18(21)14-4-2-3-12-7-8-19-17(12)14/h2-4,7-8,13,15-16,19H,5-6,9-11H2,1H3/t13-,15+,16-/m1/s1. The molecule has 1 N–H and O–H groups in total. The Hall–Kier alpha value is -1.85. The molecule has 122 valence electrons. The molecule has 5 heteroatoms. The van der Waals surface area contributed by atoms with Gasteiger partial charge in [-0.15, -0.1) is 0 Å². The van der Waals surface area contributed by atoms with Crippen LogP contribution >= 0.6 is 0 Å². The fraction of sp³-hybridized carbons (Fsp3) is 0.500. The number of morpholine rings is 1. The summed E-state index contributed by atoms with van der Waals surface area (Å²) in [6.07, 6.45) is 5.06. The predicted molar refractivity (Wildman–Crippen MR) is 87.5 cm³/mol. The SMILES string of the molecule is CO[C@@H]1CC[C@H]2OCCN(C(=O)c3cccc4cc[nH]c34)[C@H]2C1. The summed E-state index contributed by atoms with van der Waals surface area (Å²) in [7, 11) is 1.75. The maximum atomic E-state index is 13.2. The third-order valence-corrected chi connectivity index (χ3v) is 5.18. The topological polar surface area (TPSA) is 54.6 Å². The zero-order chi connectivity index (χ0) is 15.8. The Morgan fingerprint density at radius 3 is 3.13 bits per heavy atom. The van der Waals surface area contributed by atoms with E-state index in [1.165, 1.54) is 0 Å². The lowest BCUT2D eigenvalue weighted by atomic mass is 9.87. The first-order valence-electron chi connectivity index (χ1n) is 8.29. The van der Waals surface area contributed by atoms with Gasteiger partial charge in [0.2, 0.25) is 0 Å². The van der Waals surface area contributed by atoms with E-state index in [0.29, 0.717) is 13.2 Å². The van der Waals surface area contributed by atoms with E-state index in [1.807, 2.05) is 35.4 Å². The molecule has 1 aliphatic heterocycles. The van der Waals surface area contributed by atoms with Gasteiger partial charge in [-0.25, -0.2) is 0 Å². The van der Waals surface area contributed by atoms with Crippen molar-refractivity contribution in [3.8, 4) is 0 Å². The smallest absolute Gasteiger partial charge is 0.256 e. The highest BCUT2D eigenvalue weighted by Crippen LogP contribution is 2.31. The lowest BCUT2D eigenvalue weighted by molar-refractivity contribution is -0.101. The zero-order valence-electron chi connectivity index (χ0n) is 13.3. The second-order valence-electron chi connectivity index (χ2n) is 6.39. The first-order valence-corrected chi connectivity index (χ1v) is 8.29. The number of hydrogen-bond acceptors (Lipinski definition) is 3. The predicted octanol–water partition coefficient (Wildman–Crippen LogP) is 2.58. The molecule has 1 aliphatic carbocycles. The number of aromatic nitrogens is 1. The molecule has 1 saturated heterocycles. The van der Waals surface area contributed by atoms with Gasteiger partial charge < -0.3 is 19.4 Å². The highest BCUT2D eigenvalue weighted by Gasteiger charge is 2.40. The van der Waals surface area contributed by atoms with Gasteiger partial charge in [0.1, 0.15) is 0 Å². The molecule has 2 fully saturated rings. The number of amides is 1. The van der Waals surface area contributed by atoms with E-state index in [0.717, 1.165) is 35.7 Å². The van der Waals surface area contributed by atoms with Gasteiger partial charge in [-0.05, 0) is 31.4 Å². The number of ether oxygens (including phenoxy) is 2. The van der Waals surface area contributed by atoms with E-state index in [-0.39, 0.29) is 24.2 Å². The summed E-state index contributed by atoms with van der Waals surface area (Å²) in [5.41, 5.74) is 1.66. The molecule has 1 aromatic heterocycles. The number of benzene rings is 1. The number of nitrogens with one attached hydrogen (secondary N) is 1. The van der Waals surface area contributed by atoms with Crippen molar-refractivity contribution in [2.45, 2.75) is 37.5 Å².